The monoisotopic (exact) mass is 436 g/mol. The number of hydrogen-bond donors (Lipinski definition) is 0. The van der Waals surface area contributed by atoms with Crippen molar-refractivity contribution in [3.63, 3.8) is 0 Å². The van der Waals surface area contributed by atoms with Crippen LogP contribution in [0.2, 0.25) is 0 Å². The minimum absolute atomic E-state index is 0.350. The number of piperidine rings is 1. The summed E-state index contributed by atoms with van der Waals surface area (Å²) in [5, 5.41) is 4.24. The number of carbonyl (C=O) groups is 1. The summed E-state index contributed by atoms with van der Waals surface area (Å²) < 4.78 is 1.82. The zero-order valence-electron chi connectivity index (χ0n) is 20.0. The van der Waals surface area contributed by atoms with Crippen molar-refractivity contribution in [3.05, 3.63) is 53.3 Å². The van der Waals surface area contributed by atoms with Gasteiger partial charge in [0.25, 0.3) is 0 Å². The Morgan fingerprint density at radius 1 is 1.09 bits per heavy atom. The van der Waals surface area contributed by atoms with Crippen LogP contribution in [0.4, 0.5) is 0 Å². The van der Waals surface area contributed by atoms with Gasteiger partial charge in [-0.25, -0.2) is 0 Å². The lowest BCUT2D eigenvalue weighted by molar-refractivity contribution is -0.134. The third-order valence-corrected chi connectivity index (χ3v) is 7.59. The molecule has 2 fully saturated rings. The first kappa shape index (κ1) is 23.0. The third kappa shape index (κ3) is 6.22. The van der Waals surface area contributed by atoms with E-state index < -0.39 is 0 Å². The van der Waals surface area contributed by atoms with E-state index in [0.29, 0.717) is 24.3 Å². The number of benzene rings is 1. The smallest absolute Gasteiger partial charge is 0.223 e. The number of hydrogen-bond acceptors (Lipinski definition) is 3. The van der Waals surface area contributed by atoms with E-state index in [1.54, 1.807) is 0 Å². The standard InChI is InChI=1S/C27H40N4O/c1-22-7-3-4-8-25(22)15-18-30-16-13-23(14-17-30)21-31(26-9-5-6-10-26)27(32)12-11-24-19-28-29(2)20-24/h3-4,7-8,19-20,23,26H,5-6,9-18,21H2,1-2H3. The van der Waals surface area contributed by atoms with Gasteiger partial charge in [0.2, 0.25) is 5.91 Å². The zero-order chi connectivity index (χ0) is 22.3. The summed E-state index contributed by atoms with van der Waals surface area (Å²) in [5.74, 6) is 0.996. The molecule has 2 aromatic rings. The molecule has 1 saturated carbocycles. The lowest BCUT2D eigenvalue weighted by atomic mass is 9.94. The number of rotatable bonds is 9. The molecular weight excluding hydrogens is 396 g/mol. The predicted octanol–water partition coefficient (Wildman–Crippen LogP) is 4.39. The molecule has 0 spiro atoms. The SMILES string of the molecule is Cc1ccccc1CCN1CCC(CN(C(=O)CCc2cnn(C)c2)C2CCCC2)CC1. The van der Waals surface area contributed by atoms with Gasteiger partial charge in [-0.05, 0) is 81.1 Å². The summed E-state index contributed by atoms with van der Waals surface area (Å²) in [6.07, 6.45) is 13.8. The summed E-state index contributed by atoms with van der Waals surface area (Å²) in [6.45, 7) is 6.65. The summed E-state index contributed by atoms with van der Waals surface area (Å²) in [7, 11) is 1.93. The number of amides is 1. The Morgan fingerprint density at radius 2 is 1.84 bits per heavy atom. The Kier molecular flexibility index (Phi) is 8.01. The maximum absolute atomic E-state index is 13.2. The molecule has 1 aromatic carbocycles. The summed E-state index contributed by atoms with van der Waals surface area (Å²) >= 11 is 0. The largest absolute Gasteiger partial charge is 0.339 e. The number of carbonyl (C=O) groups excluding carboxylic acids is 1. The zero-order valence-corrected chi connectivity index (χ0v) is 20.0. The Labute approximate surface area is 193 Å². The highest BCUT2D eigenvalue weighted by Crippen LogP contribution is 2.28. The molecule has 0 radical (unpaired) electrons. The number of nitrogens with zero attached hydrogens (tertiary/aromatic N) is 4. The average molecular weight is 437 g/mol. The highest BCUT2D eigenvalue weighted by molar-refractivity contribution is 5.76. The van der Waals surface area contributed by atoms with Crippen LogP contribution in [0, 0.1) is 12.8 Å². The van der Waals surface area contributed by atoms with Crippen molar-refractivity contribution in [2.24, 2.45) is 13.0 Å². The van der Waals surface area contributed by atoms with E-state index in [2.05, 4.69) is 46.1 Å². The van der Waals surface area contributed by atoms with Gasteiger partial charge < -0.3 is 9.80 Å². The lowest BCUT2D eigenvalue weighted by Crippen LogP contribution is -2.45. The Balaban J connectivity index is 1.26. The van der Waals surface area contributed by atoms with E-state index in [4.69, 9.17) is 0 Å². The van der Waals surface area contributed by atoms with Crippen molar-refractivity contribution in [2.45, 2.75) is 70.8 Å². The van der Waals surface area contributed by atoms with Gasteiger partial charge in [0.15, 0.2) is 0 Å². The highest BCUT2D eigenvalue weighted by Gasteiger charge is 2.30. The van der Waals surface area contributed by atoms with Crippen molar-refractivity contribution < 1.29 is 4.79 Å². The predicted molar refractivity (Wildman–Crippen MR) is 130 cm³/mol. The third-order valence-electron chi connectivity index (χ3n) is 7.59. The van der Waals surface area contributed by atoms with Crippen molar-refractivity contribution in [1.82, 2.24) is 19.6 Å². The maximum atomic E-state index is 13.2. The first-order valence-corrected chi connectivity index (χ1v) is 12.6. The van der Waals surface area contributed by atoms with Crippen LogP contribution in [0.5, 0.6) is 0 Å². The van der Waals surface area contributed by atoms with Gasteiger partial charge in [0.05, 0.1) is 6.20 Å². The summed E-state index contributed by atoms with van der Waals surface area (Å²) in [5.41, 5.74) is 4.04. The van der Waals surface area contributed by atoms with Crippen LogP contribution in [-0.4, -0.2) is 57.7 Å². The molecule has 1 saturated heterocycles. The van der Waals surface area contributed by atoms with E-state index in [1.807, 2.05) is 24.1 Å². The normalized spacial score (nSPS) is 18.3. The number of aromatic nitrogens is 2. The van der Waals surface area contributed by atoms with E-state index in [1.165, 1.54) is 62.7 Å². The Bertz CT molecular complexity index is 862. The molecule has 2 heterocycles. The van der Waals surface area contributed by atoms with Crippen molar-refractivity contribution in [3.8, 4) is 0 Å². The molecule has 1 aliphatic carbocycles. The molecule has 5 nitrogen and oxygen atoms in total. The second kappa shape index (κ2) is 11.1. The molecule has 5 heteroatoms. The topological polar surface area (TPSA) is 41.4 Å². The van der Waals surface area contributed by atoms with Crippen molar-refractivity contribution in [1.29, 1.82) is 0 Å². The van der Waals surface area contributed by atoms with E-state index in [0.717, 1.165) is 31.5 Å². The van der Waals surface area contributed by atoms with Crippen LogP contribution in [0.15, 0.2) is 36.7 Å². The fourth-order valence-corrected chi connectivity index (χ4v) is 5.51. The fraction of sp³-hybridized carbons (Fsp3) is 0.630. The van der Waals surface area contributed by atoms with Crippen LogP contribution in [0.1, 0.15) is 61.6 Å². The van der Waals surface area contributed by atoms with Gasteiger partial charge in [-0.2, -0.15) is 5.10 Å². The van der Waals surface area contributed by atoms with Crippen LogP contribution < -0.4 is 0 Å². The summed E-state index contributed by atoms with van der Waals surface area (Å²) in [4.78, 5) is 18.1. The first-order valence-electron chi connectivity index (χ1n) is 12.6. The molecule has 0 bridgehead atoms. The lowest BCUT2D eigenvalue weighted by Gasteiger charge is -2.37. The van der Waals surface area contributed by atoms with E-state index in [-0.39, 0.29) is 0 Å². The molecule has 0 N–H and O–H groups in total. The molecule has 1 amide bonds. The molecule has 174 valence electrons. The minimum Gasteiger partial charge on any atom is -0.339 e. The second-order valence-corrected chi connectivity index (χ2v) is 9.97. The van der Waals surface area contributed by atoms with Gasteiger partial charge in [-0.15, -0.1) is 0 Å². The molecule has 0 unspecified atom stereocenters. The average Bonchev–Trinajstić information content (AvgIpc) is 3.48. The highest BCUT2D eigenvalue weighted by atomic mass is 16.2. The van der Waals surface area contributed by atoms with Gasteiger partial charge in [-0.3, -0.25) is 9.48 Å². The molecule has 1 aliphatic heterocycles. The van der Waals surface area contributed by atoms with Crippen LogP contribution in [-0.2, 0) is 24.7 Å². The van der Waals surface area contributed by atoms with Gasteiger partial charge in [0.1, 0.15) is 0 Å². The van der Waals surface area contributed by atoms with Crippen LogP contribution in [0.25, 0.3) is 0 Å². The molecule has 32 heavy (non-hydrogen) atoms. The molecule has 1 aromatic heterocycles. The van der Waals surface area contributed by atoms with Crippen LogP contribution in [0.3, 0.4) is 0 Å². The van der Waals surface area contributed by atoms with Gasteiger partial charge in [-0.1, -0.05) is 37.1 Å². The molecule has 4 rings (SSSR count). The van der Waals surface area contributed by atoms with Crippen LogP contribution >= 0.6 is 0 Å². The molecular formula is C27H40N4O. The van der Waals surface area contributed by atoms with Crippen molar-refractivity contribution in [2.75, 3.05) is 26.2 Å². The number of likely N-dealkylation sites (tertiary alicyclic amines) is 1. The van der Waals surface area contributed by atoms with Gasteiger partial charge in [0, 0.05) is 38.8 Å². The van der Waals surface area contributed by atoms with Crippen molar-refractivity contribution >= 4 is 5.91 Å². The fourth-order valence-electron chi connectivity index (χ4n) is 5.51. The summed E-state index contributed by atoms with van der Waals surface area (Å²) in [6, 6.07) is 9.22. The van der Waals surface area contributed by atoms with E-state index >= 15 is 0 Å². The first-order chi connectivity index (χ1) is 15.6. The maximum Gasteiger partial charge on any atom is 0.223 e. The Morgan fingerprint density at radius 3 is 2.53 bits per heavy atom. The second-order valence-electron chi connectivity index (χ2n) is 9.97. The number of aryl methyl sites for hydroxylation is 3. The van der Waals surface area contributed by atoms with E-state index in [9.17, 15) is 4.79 Å². The Hall–Kier alpha value is -2.14. The quantitative estimate of drug-likeness (QED) is 0.585. The molecule has 2 aliphatic rings. The molecule has 0 atom stereocenters. The van der Waals surface area contributed by atoms with Gasteiger partial charge >= 0.3 is 0 Å². The minimum atomic E-state index is 0.350.